The Labute approximate surface area is 117 Å². The summed E-state index contributed by atoms with van der Waals surface area (Å²) in [6, 6.07) is 10.4. The lowest BCUT2D eigenvalue weighted by molar-refractivity contribution is 0.389. The van der Waals surface area contributed by atoms with Crippen molar-refractivity contribution in [2.75, 3.05) is 0 Å². The van der Waals surface area contributed by atoms with Crippen LogP contribution in [0.5, 0.6) is 0 Å². The van der Waals surface area contributed by atoms with E-state index >= 15 is 0 Å². The highest BCUT2D eigenvalue weighted by Crippen LogP contribution is 2.27. The fraction of sp³-hybridized carbons (Fsp3) is 0.667. The zero-order chi connectivity index (χ0) is 13.1. The minimum absolute atomic E-state index is 0.695. The van der Waals surface area contributed by atoms with Crippen molar-refractivity contribution >= 4 is 0 Å². The Hall–Kier alpha value is -0.820. The Morgan fingerprint density at radius 3 is 2.37 bits per heavy atom. The SMILES string of the molecule is CCC1CCCC(NC2Cc3ccccc3C2)CC1. The lowest BCUT2D eigenvalue weighted by Gasteiger charge is -2.21. The van der Waals surface area contributed by atoms with Crippen LogP contribution in [-0.4, -0.2) is 12.1 Å². The molecule has 2 unspecified atom stereocenters. The second-order valence-corrected chi connectivity index (χ2v) is 6.52. The number of benzene rings is 1. The third kappa shape index (κ3) is 3.20. The molecular formula is C18H27N. The fourth-order valence-corrected chi connectivity index (χ4v) is 3.96. The Kier molecular flexibility index (Phi) is 4.22. The summed E-state index contributed by atoms with van der Waals surface area (Å²) in [6.07, 6.45) is 11.0. The maximum atomic E-state index is 3.95. The topological polar surface area (TPSA) is 12.0 Å². The molecule has 1 aromatic rings. The first-order valence-corrected chi connectivity index (χ1v) is 8.18. The van der Waals surface area contributed by atoms with E-state index in [0.717, 1.165) is 12.0 Å². The molecule has 0 spiro atoms. The van der Waals surface area contributed by atoms with Gasteiger partial charge in [-0.3, -0.25) is 0 Å². The van der Waals surface area contributed by atoms with Gasteiger partial charge in [-0.15, -0.1) is 0 Å². The van der Waals surface area contributed by atoms with E-state index in [1.807, 2.05) is 0 Å². The van der Waals surface area contributed by atoms with Crippen LogP contribution in [0.4, 0.5) is 0 Å². The Morgan fingerprint density at radius 1 is 0.947 bits per heavy atom. The third-order valence-corrected chi connectivity index (χ3v) is 5.19. The number of hydrogen-bond acceptors (Lipinski definition) is 1. The van der Waals surface area contributed by atoms with Crippen LogP contribution in [0.1, 0.15) is 56.6 Å². The molecule has 0 aromatic heterocycles. The van der Waals surface area contributed by atoms with Gasteiger partial charge in [-0.25, -0.2) is 0 Å². The van der Waals surface area contributed by atoms with Gasteiger partial charge >= 0.3 is 0 Å². The van der Waals surface area contributed by atoms with Gasteiger partial charge in [0.25, 0.3) is 0 Å². The standard InChI is InChI=1S/C18H27N/c1-2-14-6-5-9-17(11-10-14)19-18-12-15-7-3-4-8-16(15)13-18/h3-4,7-8,14,17-19H,2,5-6,9-13H2,1H3. The van der Waals surface area contributed by atoms with Crippen LogP contribution in [0.3, 0.4) is 0 Å². The van der Waals surface area contributed by atoms with Crippen LogP contribution in [-0.2, 0) is 12.8 Å². The van der Waals surface area contributed by atoms with Gasteiger partial charge in [-0.05, 0) is 49.1 Å². The molecule has 0 bridgehead atoms. The smallest absolute Gasteiger partial charge is 0.0151 e. The zero-order valence-electron chi connectivity index (χ0n) is 12.2. The summed E-state index contributed by atoms with van der Waals surface area (Å²) in [4.78, 5) is 0. The van der Waals surface area contributed by atoms with E-state index in [9.17, 15) is 0 Å². The van der Waals surface area contributed by atoms with Crippen molar-refractivity contribution in [1.29, 1.82) is 0 Å². The third-order valence-electron chi connectivity index (χ3n) is 5.19. The van der Waals surface area contributed by atoms with Crippen LogP contribution < -0.4 is 5.32 Å². The predicted molar refractivity (Wildman–Crippen MR) is 81.4 cm³/mol. The Morgan fingerprint density at radius 2 is 1.68 bits per heavy atom. The molecule has 0 saturated heterocycles. The molecule has 1 heteroatoms. The van der Waals surface area contributed by atoms with E-state index in [2.05, 4.69) is 36.5 Å². The van der Waals surface area contributed by atoms with Crippen molar-refractivity contribution in [1.82, 2.24) is 5.32 Å². The van der Waals surface area contributed by atoms with E-state index in [4.69, 9.17) is 0 Å². The number of nitrogens with one attached hydrogen (secondary N) is 1. The number of hydrogen-bond donors (Lipinski definition) is 1. The molecule has 0 amide bonds. The lowest BCUT2D eigenvalue weighted by atomic mass is 9.97. The number of fused-ring (bicyclic) bond motifs is 1. The van der Waals surface area contributed by atoms with Gasteiger partial charge < -0.3 is 5.32 Å². The highest BCUT2D eigenvalue weighted by molar-refractivity contribution is 5.33. The minimum Gasteiger partial charge on any atom is -0.311 e. The van der Waals surface area contributed by atoms with Crippen LogP contribution in [0.25, 0.3) is 0 Å². The lowest BCUT2D eigenvalue weighted by Crippen LogP contribution is -2.38. The first kappa shape index (κ1) is 13.2. The van der Waals surface area contributed by atoms with Crippen LogP contribution in [0.2, 0.25) is 0 Å². The summed E-state index contributed by atoms with van der Waals surface area (Å²) in [5.41, 5.74) is 3.14. The minimum atomic E-state index is 0.695. The van der Waals surface area contributed by atoms with Gasteiger partial charge in [0, 0.05) is 12.1 Å². The molecule has 2 aliphatic carbocycles. The molecule has 0 aliphatic heterocycles. The second-order valence-electron chi connectivity index (χ2n) is 6.52. The Balaban J connectivity index is 1.53. The summed E-state index contributed by atoms with van der Waals surface area (Å²) < 4.78 is 0. The highest BCUT2D eigenvalue weighted by Gasteiger charge is 2.24. The maximum absolute atomic E-state index is 3.95. The molecule has 104 valence electrons. The first-order chi connectivity index (χ1) is 9.35. The average molecular weight is 257 g/mol. The molecule has 0 radical (unpaired) electrons. The van der Waals surface area contributed by atoms with E-state index in [1.165, 1.54) is 51.4 Å². The van der Waals surface area contributed by atoms with Crippen molar-refractivity contribution in [3.63, 3.8) is 0 Å². The molecule has 0 heterocycles. The first-order valence-electron chi connectivity index (χ1n) is 8.18. The summed E-state index contributed by atoms with van der Waals surface area (Å²) in [5, 5.41) is 3.95. The molecule has 1 aromatic carbocycles. The molecule has 1 saturated carbocycles. The summed E-state index contributed by atoms with van der Waals surface area (Å²) in [7, 11) is 0. The van der Waals surface area contributed by atoms with Crippen molar-refractivity contribution in [3.05, 3.63) is 35.4 Å². The maximum Gasteiger partial charge on any atom is 0.0151 e. The second kappa shape index (κ2) is 6.09. The van der Waals surface area contributed by atoms with E-state index < -0.39 is 0 Å². The normalized spacial score (nSPS) is 28.1. The molecule has 1 fully saturated rings. The average Bonchev–Trinajstić information content (AvgIpc) is 2.70. The van der Waals surface area contributed by atoms with Gasteiger partial charge in [0.1, 0.15) is 0 Å². The zero-order valence-corrected chi connectivity index (χ0v) is 12.2. The molecule has 2 atom stereocenters. The van der Waals surface area contributed by atoms with Crippen molar-refractivity contribution < 1.29 is 0 Å². The van der Waals surface area contributed by atoms with Crippen molar-refractivity contribution in [3.8, 4) is 0 Å². The molecule has 19 heavy (non-hydrogen) atoms. The van der Waals surface area contributed by atoms with Crippen LogP contribution in [0.15, 0.2) is 24.3 Å². The monoisotopic (exact) mass is 257 g/mol. The van der Waals surface area contributed by atoms with Gasteiger partial charge in [0.2, 0.25) is 0 Å². The molecule has 2 aliphatic rings. The molecule has 1 N–H and O–H groups in total. The van der Waals surface area contributed by atoms with Gasteiger partial charge in [0.05, 0.1) is 0 Å². The summed E-state index contributed by atoms with van der Waals surface area (Å²) in [5.74, 6) is 0.993. The van der Waals surface area contributed by atoms with Gasteiger partial charge in [-0.1, -0.05) is 50.5 Å². The van der Waals surface area contributed by atoms with Gasteiger partial charge in [0.15, 0.2) is 0 Å². The quantitative estimate of drug-likeness (QED) is 0.804. The molecular weight excluding hydrogens is 230 g/mol. The van der Waals surface area contributed by atoms with Gasteiger partial charge in [-0.2, -0.15) is 0 Å². The van der Waals surface area contributed by atoms with E-state index in [1.54, 1.807) is 11.1 Å². The molecule has 3 rings (SSSR count). The van der Waals surface area contributed by atoms with E-state index in [0.29, 0.717) is 6.04 Å². The number of rotatable bonds is 3. The van der Waals surface area contributed by atoms with Crippen molar-refractivity contribution in [2.24, 2.45) is 5.92 Å². The van der Waals surface area contributed by atoms with E-state index in [-0.39, 0.29) is 0 Å². The summed E-state index contributed by atoms with van der Waals surface area (Å²) in [6.45, 7) is 2.35. The fourth-order valence-electron chi connectivity index (χ4n) is 3.96. The van der Waals surface area contributed by atoms with Crippen LogP contribution >= 0.6 is 0 Å². The largest absolute Gasteiger partial charge is 0.311 e. The summed E-state index contributed by atoms with van der Waals surface area (Å²) >= 11 is 0. The Bertz CT molecular complexity index is 387. The van der Waals surface area contributed by atoms with Crippen LogP contribution in [0, 0.1) is 5.92 Å². The molecule has 1 nitrogen and oxygen atoms in total. The predicted octanol–water partition coefficient (Wildman–Crippen LogP) is 4.10. The highest BCUT2D eigenvalue weighted by atomic mass is 15.0. The van der Waals surface area contributed by atoms with Crippen molar-refractivity contribution in [2.45, 2.75) is 70.4 Å².